The lowest BCUT2D eigenvalue weighted by Crippen LogP contribution is -2.35. The summed E-state index contributed by atoms with van der Waals surface area (Å²) in [5.74, 6) is 0.754. The first-order valence-electron chi connectivity index (χ1n) is 11.6. The number of nitrogens with zero attached hydrogens (tertiary/aromatic N) is 4. The topological polar surface area (TPSA) is 129 Å². The lowest BCUT2D eigenvalue weighted by atomic mass is 10.2. The van der Waals surface area contributed by atoms with Gasteiger partial charge in [-0.3, -0.25) is 19.5 Å². The maximum atomic E-state index is 13.0. The smallest absolute Gasteiger partial charge is 0.257 e. The summed E-state index contributed by atoms with van der Waals surface area (Å²) in [4.78, 5) is 43.6. The Kier molecular flexibility index (Phi) is 6.04. The van der Waals surface area contributed by atoms with Crippen molar-refractivity contribution in [2.75, 3.05) is 23.7 Å². The van der Waals surface area contributed by atoms with Crippen LogP contribution in [-0.2, 0) is 4.79 Å². The van der Waals surface area contributed by atoms with E-state index < -0.39 is 0 Å². The number of oxazole rings is 1. The second kappa shape index (κ2) is 9.30. The van der Waals surface area contributed by atoms with Crippen molar-refractivity contribution in [2.45, 2.75) is 39.7 Å². The van der Waals surface area contributed by atoms with E-state index in [4.69, 9.17) is 4.42 Å². The van der Waals surface area contributed by atoms with Gasteiger partial charge >= 0.3 is 0 Å². The molecule has 1 aliphatic heterocycles. The third kappa shape index (κ3) is 4.92. The van der Waals surface area contributed by atoms with Crippen LogP contribution < -0.4 is 10.6 Å². The van der Waals surface area contributed by atoms with Gasteiger partial charge in [0.1, 0.15) is 5.65 Å². The third-order valence-corrected chi connectivity index (χ3v) is 6.28. The minimum absolute atomic E-state index is 0.0958. The Morgan fingerprint density at radius 3 is 2.71 bits per heavy atom. The minimum atomic E-state index is -0.322. The van der Waals surface area contributed by atoms with Crippen LogP contribution >= 0.6 is 0 Å². The van der Waals surface area contributed by atoms with Gasteiger partial charge in [-0.1, -0.05) is 0 Å². The van der Waals surface area contributed by atoms with Crippen molar-refractivity contribution in [3.63, 3.8) is 0 Å². The van der Waals surface area contributed by atoms with Crippen LogP contribution in [0.2, 0.25) is 0 Å². The molecule has 0 aromatic carbocycles. The average molecular weight is 474 g/mol. The summed E-state index contributed by atoms with van der Waals surface area (Å²) < 4.78 is 5.56. The van der Waals surface area contributed by atoms with Gasteiger partial charge in [-0.05, 0) is 51.4 Å². The first kappa shape index (κ1) is 22.7. The fraction of sp³-hybridized carbons (Fsp3) is 0.320. The molecule has 10 nitrogen and oxygen atoms in total. The van der Waals surface area contributed by atoms with E-state index in [1.54, 1.807) is 38.4 Å². The number of carbonyl (C=O) groups is 2. The highest BCUT2D eigenvalue weighted by Gasteiger charge is 2.22. The predicted octanol–water partition coefficient (Wildman–Crippen LogP) is 3.90. The van der Waals surface area contributed by atoms with E-state index >= 15 is 0 Å². The standard InChI is InChI=1S/C25H27N7O3/c1-14-5-4-6-32(14)13-23(33)29-19-9-20(15(2)26-11-19)31-25(34)18-7-17-8-21(30-24(17)28-10-18)22-12-27-16(3)35-22/h7-12,14H,4-6,13H2,1-3H3,(H,28,30)(H,29,33)(H,31,34)/t14-/m0/s1. The monoisotopic (exact) mass is 473 g/mol. The number of hydrogen-bond acceptors (Lipinski definition) is 7. The van der Waals surface area contributed by atoms with Crippen LogP contribution in [-0.4, -0.2) is 55.8 Å². The highest BCUT2D eigenvalue weighted by molar-refractivity contribution is 6.06. The summed E-state index contributed by atoms with van der Waals surface area (Å²) in [5.41, 5.74) is 3.47. The summed E-state index contributed by atoms with van der Waals surface area (Å²) in [6.07, 6.45) is 6.97. The van der Waals surface area contributed by atoms with Gasteiger partial charge in [0.2, 0.25) is 5.91 Å². The number of rotatable bonds is 6. The number of anilines is 2. The molecule has 4 aromatic heterocycles. The van der Waals surface area contributed by atoms with Crippen LogP contribution in [0.25, 0.3) is 22.5 Å². The lowest BCUT2D eigenvalue weighted by Gasteiger charge is -2.20. The van der Waals surface area contributed by atoms with Gasteiger partial charge in [0.05, 0.1) is 47.3 Å². The van der Waals surface area contributed by atoms with Crippen molar-refractivity contribution in [3.05, 3.63) is 53.9 Å². The van der Waals surface area contributed by atoms with E-state index in [0.717, 1.165) is 30.5 Å². The fourth-order valence-corrected chi connectivity index (χ4v) is 4.29. The van der Waals surface area contributed by atoms with E-state index in [-0.39, 0.29) is 11.8 Å². The zero-order chi connectivity index (χ0) is 24.5. The van der Waals surface area contributed by atoms with Crippen LogP contribution in [0.3, 0.4) is 0 Å². The summed E-state index contributed by atoms with van der Waals surface area (Å²) in [7, 11) is 0. The molecule has 10 heteroatoms. The zero-order valence-electron chi connectivity index (χ0n) is 19.9. The number of H-pyrrole nitrogens is 1. The number of nitrogens with one attached hydrogen (secondary N) is 3. The molecule has 5 heterocycles. The lowest BCUT2D eigenvalue weighted by molar-refractivity contribution is -0.117. The number of aromatic nitrogens is 4. The van der Waals surface area contributed by atoms with Crippen molar-refractivity contribution in [1.29, 1.82) is 0 Å². The number of likely N-dealkylation sites (tertiary alicyclic amines) is 1. The number of aryl methyl sites for hydroxylation is 2. The Morgan fingerprint density at radius 2 is 1.97 bits per heavy atom. The Morgan fingerprint density at radius 1 is 1.11 bits per heavy atom. The van der Waals surface area contributed by atoms with Gasteiger partial charge in [0, 0.05) is 24.5 Å². The SMILES string of the molecule is Cc1ncc(-c2cc3cc(C(=O)Nc4cc(NC(=O)CN5CCC[C@@H]5C)cnc4C)cnc3[nH]2)o1. The van der Waals surface area contributed by atoms with Crippen molar-refractivity contribution in [1.82, 2.24) is 24.8 Å². The van der Waals surface area contributed by atoms with Crippen molar-refractivity contribution in [2.24, 2.45) is 0 Å². The van der Waals surface area contributed by atoms with Crippen molar-refractivity contribution in [3.8, 4) is 11.5 Å². The normalized spacial score (nSPS) is 16.0. The molecule has 4 aromatic rings. The molecule has 0 unspecified atom stereocenters. The Labute approximate surface area is 202 Å². The van der Waals surface area contributed by atoms with Gasteiger partial charge in [-0.25, -0.2) is 9.97 Å². The average Bonchev–Trinajstić information content (AvgIpc) is 3.55. The number of amides is 2. The molecule has 2 amide bonds. The van der Waals surface area contributed by atoms with Crippen LogP contribution in [0, 0.1) is 13.8 Å². The Balaban J connectivity index is 1.29. The molecule has 1 fully saturated rings. The molecule has 1 aliphatic rings. The molecule has 0 saturated carbocycles. The number of carbonyl (C=O) groups excluding carboxylic acids is 2. The maximum Gasteiger partial charge on any atom is 0.257 e. The zero-order valence-corrected chi connectivity index (χ0v) is 19.9. The predicted molar refractivity (Wildman–Crippen MR) is 132 cm³/mol. The maximum absolute atomic E-state index is 13.0. The van der Waals surface area contributed by atoms with Gasteiger partial charge in [-0.15, -0.1) is 0 Å². The van der Waals surface area contributed by atoms with E-state index in [9.17, 15) is 9.59 Å². The molecule has 0 aliphatic carbocycles. The van der Waals surface area contributed by atoms with E-state index in [1.165, 1.54) is 6.20 Å². The minimum Gasteiger partial charge on any atom is -0.439 e. The van der Waals surface area contributed by atoms with Gasteiger partial charge < -0.3 is 20.0 Å². The Bertz CT molecular complexity index is 1410. The molecule has 3 N–H and O–H groups in total. The number of hydrogen-bond donors (Lipinski definition) is 3. The largest absolute Gasteiger partial charge is 0.439 e. The highest BCUT2D eigenvalue weighted by Crippen LogP contribution is 2.25. The molecule has 1 atom stereocenters. The molecule has 0 bridgehead atoms. The number of pyridine rings is 2. The van der Waals surface area contributed by atoms with E-state index in [0.29, 0.717) is 52.5 Å². The Hall–Kier alpha value is -4.05. The summed E-state index contributed by atoms with van der Waals surface area (Å²) in [6, 6.07) is 5.75. The fourth-order valence-electron chi connectivity index (χ4n) is 4.29. The van der Waals surface area contributed by atoms with Crippen LogP contribution in [0.15, 0.2) is 41.2 Å². The third-order valence-electron chi connectivity index (χ3n) is 6.28. The first-order valence-corrected chi connectivity index (χ1v) is 11.6. The second-order valence-corrected chi connectivity index (χ2v) is 8.91. The van der Waals surface area contributed by atoms with Gasteiger partial charge in [-0.2, -0.15) is 0 Å². The molecular formula is C25H27N7O3. The van der Waals surface area contributed by atoms with Crippen molar-refractivity contribution < 1.29 is 14.0 Å². The number of fused-ring (bicyclic) bond motifs is 1. The van der Waals surface area contributed by atoms with Crippen LogP contribution in [0.4, 0.5) is 11.4 Å². The molecule has 180 valence electrons. The molecule has 35 heavy (non-hydrogen) atoms. The first-order chi connectivity index (χ1) is 16.9. The highest BCUT2D eigenvalue weighted by atomic mass is 16.4. The molecule has 5 rings (SSSR count). The molecule has 0 radical (unpaired) electrons. The van der Waals surface area contributed by atoms with Crippen molar-refractivity contribution >= 4 is 34.2 Å². The van der Waals surface area contributed by atoms with E-state index in [2.05, 4.69) is 42.4 Å². The number of aromatic amines is 1. The quantitative estimate of drug-likeness (QED) is 0.387. The summed E-state index contributed by atoms with van der Waals surface area (Å²) >= 11 is 0. The van der Waals surface area contributed by atoms with Gasteiger partial charge in [0.15, 0.2) is 11.7 Å². The van der Waals surface area contributed by atoms with Crippen LogP contribution in [0.1, 0.15) is 41.7 Å². The van der Waals surface area contributed by atoms with Crippen LogP contribution in [0.5, 0.6) is 0 Å². The molecular weight excluding hydrogens is 446 g/mol. The summed E-state index contributed by atoms with van der Waals surface area (Å²) in [6.45, 7) is 6.98. The molecule has 1 saturated heterocycles. The van der Waals surface area contributed by atoms with E-state index in [1.807, 2.05) is 6.07 Å². The molecule has 0 spiro atoms. The van der Waals surface area contributed by atoms with Gasteiger partial charge in [0.25, 0.3) is 5.91 Å². The second-order valence-electron chi connectivity index (χ2n) is 8.91. The summed E-state index contributed by atoms with van der Waals surface area (Å²) in [5, 5.41) is 6.55.